The van der Waals surface area contributed by atoms with Crippen molar-refractivity contribution in [2.75, 3.05) is 13.1 Å². The monoisotopic (exact) mass is 359 g/mol. The summed E-state index contributed by atoms with van der Waals surface area (Å²) in [7, 11) is -3.66. The van der Waals surface area contributed by atoms with Crippen molar-refractivity contribution in [2.45, 2.75) is 23.8 Å². The fraction of sp³-hybridized carbons (Fsp3) is 0.294. The average Bonchev–Trinajstić information content (AvgIpc) is 3.06. The van der Waals surface area contributed by atoms with Crippen LogP contribution >= 0.6 is 0 Å². The van der Waals surface area contributed by atoms with E-state index in [0.717, 1.165) is 5.56 Å². The van der Waals surface area contributed by atoms with E-state index in [0.29, 0.717) is 42.7 Å². The van der Waals surface area contributed by atoms with Crippen molar-refractivity contribution in [1.29, 1.82) is 0 Å². The second-order valence-electron chi connectivity index (χ2n) is 6.06. The van der Waals surface area contributed by atoms with Crippen LogP contribution in [0.3, 0.4) is 0 Å². The van der Waals surface area contributed by atoms with Gasteiger partial charge in [0.05, 0.1) is 17.7 Å². The molecule has 3 aromatic rings. The van der Waals surface area contributed by atoms with Crippen LogP contribution in [-0.2, 0) is 10.0 Å². The molecule has 25 heavy (non-hydrogen) atoms. The van der Waals surface area contributed by atoms with E-state index in [-0.39, 0.29) is 4.90 Å². The highest BCUT2D eigenvalue weighted by atomic mass is 32.2. The zero-order valence-corrected chi connectivity index (χ0v) is 14.2. The van der Waals surface area contributed by atoms with Crippen molar-refractivity contribution in [1.82, 2.24) is 14.4 Å². The zero-order chi connectivity index (χ0) is 17.4. The molecule has 7 nitrogen and oxygen atoms in total. The number of aromatic nitrogens is 2. The fourth-order valence-electron chi connectivity index (χ4n) is 2.99. The van der Waals surface area contributed by atoms with Gasteiger partial charge in [0.1, 0.15) is 10.6 Å². The highest BCUT2D eigenvalue weighted by Crippen LogP contribution is 2.29. The number of piperidine rings is 1. The van der Waals surface area contributed by atoms with Gasteiger partial charge in [-0.1, -0.05) is 35.5 Å². The lowest BCUT2D eigenvalue weighted by atomic mass is 10.1. The highest BCUT2D eigenvalue weighted by molar-refractivity contribution is 7.89. The molecule has 3 heterocycles. The molecule has 0 aliphatic carbocycles. The Hall–Kier alpha value is -2.29. The number of nitrogens with zero attached hydrogens (tertiary/aromatic N) is 3. The van der Waals surface area contributed by atoms with Gasteiger partial charge in [0.2, 0.25) is 10.0 Å². The molecular formula is C17H17N3O4S. The summed E-state index contributed by atoms with van der Waals surface area (Å²) >= 11 is 0. The maximum Gasteiger partial charge on any atom is 0.258 e. The fourth-order valence-corrected chi connectivity index (χ4v) is 4.43. The maximum absolute atomic E-state index is 12.9. The van der Waals surface area contributed by atoms with E-state index in [1.165, 1.54) is 10.5 Å². The second kappa shape index (κ2) is 6.21. The highest BCUT2D eigenvalue weighted by Gasteiger charge is 2.29. The third kappa shape index (κ3) is 2.92. The first-order valence-electron chi connectivity index (χ1n) is 8.05. The van der Waals surface area contributed by atoms with Gasteiger partial charge >= 0.3 is 0 Å². The molecule has 1 aromatic carbocycles. The van der Waals surface area contributed by atoms with Crippen LogP contribution < -0.4 is 0 Å². The summed E-state index contributed by atoms with van der Waals surface area (Å²) < 4.78 is 32.3. The molecule has 8 heteroatoms. The van der Waals surface area contributed by atoms with Gasteiger partial charge in [-0.2, -0.15) is 4.31 Å². The number of aliphatic hydroxyl groups excluding tert-OH is 1. The first-order valence-corrected chi connectivity index (χ1v) is 9.49. The van der Waals surface area contributed by atoms with Crippen molar-refractivity contribution in [3.8, 4) is 11.3 Å². The predicted octanol–water partition coefficient (Wildman–Crippen LogP) is 2.04. The van der Waals surface area contributed by atoms with Crippen molar-refractivity contribution >= 4 is 21.1 Å². The Morgan fingerprint density at radius 2 is 1.88 bits per heavy atom. The third-order valence-corrected chi connectivity index (χ3v) is 6.28. The smallest absolute Gasteiger partial charge is 0.258 e. The number of rotatable bonds is 3. The van der Waals surface area contributed by atoms with Gasteiger partial charge < -0.3 is 9.63 Å². The molecule has 1 fully saturated rings. The lowest BCUT2D eigenvalue weighted by molar-refractivity contribution is 0.113. The largest absolute Gasteiger partial charge is 0.393 e. The van der Waals surface area contributed by atoms with E-state index in [1.807, 2.05) is 30.3 Å². The van der Waals surface area contributed by atoms with Gasteiger partial charge in [0.25, 0.3) is 5.71 Å². The number of benzene rings is 1. The molecule has 130 valence electrons. The van der Waals surface area contributed by atoms with Crippen LogP contribution in [-0.4, -0.2) is 47.2 Å². The molecule has 0 radical (unpaired) electrons. The molecule has 1 N–H and O–H groups in total. The predicted molar refractivity (Wildman–Crippen MR) is 91.2 cm³/mol. The Balaban J connectivity index is 1.76. The first-order chi connectivity index (χ1) is 12.1. The van der Waals surface area contributed by atoms with E-state index in [2.05, 4.69) is 10.1 Å². The quantitative estimate of drug-likeness (QED) is 0.769. The van der Waals surface area contributed by atoms with Crippen LogP contribution in [0.5, 0.6) is 0 Å². The number of fused-ring (bicyclic) bond motifs is 1. The van der Waals surface area contributed by atoms with E-state index >= 15 is 0 Å². The number of aliphatic hydroxyl groups is 1. The molecule has 0 unspecified atom stereocenters. The van der Waals surface area contributed by atoms with Crippen molar-refractivity contribution in [2.24, 2.45) is 0 Å². The van der Waals surface area contributed by atoms with Gasteiger partial charge in [-0.25, -0.2) is 13.4 Å². The number of pyridine rings is 1. The average molecular weight is 359 g/mol. The van der Waals surface area contributed by atoms with E-state index in [1.54, 1.807) is 6.07 Å². The Kier molecular flexibility index (Phi) is 4.03. The van der Waals surface area contributed by atoms with E-state index < -0.39 is 16.1 Å². The lowest BCUT2D eigenvalue weighted by Gasteiger charge is -2.28. The summed E-state index contributed by atoms with van der Waals surface area (Å²) in [5, 5.41) is 14.2. The minimum atomic E-state index is -3.66. The van der Waals surface area contributed by atoms with Gasteiger partial charge in [0.15, 0.2) is 0 Å². The van der Waals surface area contributed by atoms with Crippen LogP contribution in [0.15, 0.2) is 52.0 Å². The van der Waals surface area contributed by atoms with Crippen molar-refractivity contribution in [3.63, 3.8) is 0 Å². The number of hydrogen-bond acceptors (Lipinski definition) is 6. The number of hydrogen-bond donors (Lipinski definition) is 1. The van der Waals surface area contributed by atoms with Crippen LogP contribution in [0, 0.1) is 0 Å². The van der Waals surface area contributed by atoms with Crippen LogP contribution in [0.25, 0.3) is 22.4 Å². The molecule has 1 saturated heterocycles. The first kappa shape index (κ1) is 16.2. The van der Waals surface area contributed by atoms with Gasteiger partial charge in [-0.3, -0.25) is 0 Å². The van der Waals surface area contributed by atoms with Crippen LogP contribution in [0.1, 0.15) is 12.8 Å². The molecule has 0 bridgehead atoms. The van der Waals surface area contributed by atoms with Crippen molar-refractivity contribution in [3.05, 3.63) is 42.6 Å². The normalized spacial score (nSPS) is 17.2. The molecule has 1 aliphatic rings. The second-order valence-corrected chi connectivity index (χ2v) is 7.99. The Morgan fingerprint density at radius 3 is 2.60 bits per heavy atom. The molecule has 0 atom stereocenters. The van der Waals surface area contributed by atoms with Gasteiger partial charge in [0, 0.05) is 18.7 Å². The minimum Gasteiger partial charge on any atom is -0.393 e. The summed E-state index contributed by atoms with van der Waals surface area (Å²) in [4.78, 5) is 4.23. The van der Waals surface area contributed by atoms with Gasteiger partial charge in [-0.15, -0.1) is 0 Å². The van der Waals surface area contributed by atoms with Gasteiger partial charge in [-0.05, 0) is 18.9 Å². The maximum atomic E-state index is 12.9. The molecule has 0 spiro atoms. The lowest BCUT2D eigenvalue weighted by Crippen LogP contribution is -2.40. The SMILES string of the molecule is O=S(=O)(c1cnc2onc(-c3ccccc3)c2c1)N1CCC(O)CC1. The minimum absolute atomic E-state index is 0.108. The summed E-state index contributed by atoms with van der Waals surface area (Å²) in [6.07, 6.45) is 1.74. The van der Waals surface area contributed by atoms with Crippen LogP contribution in [0.4, 0.5) is 0 Å². The third-order valence-electron chi connectivity index (χ3n) is 4.41. The molecule has 2 aromatic heterocycles. The summed E-state index contributed by atoms with van der Waals surface area (Å²) in [5.41, 5.74) is 1.69. The van der Waals surface area contributed by atoms with Crippen LogP contribution in [0.2, 0.25) is 0 Å². The Morgan fingerprint density at radius 1 is 1.16 bits per heavy atom. The molecule has 4 rings (SSSR count). The summed E-state index contributed by atoms with van der Waals surface area (Å²) in [6.45, 7) is 0.605. The molecule has 0 amide bonds. The standard InChI is InChI=1S/C17H17N3O4S/c21-13-6-8-20(9-7-13)25(22,23)14-10-15-16(12-4-2-1-3-5-12)19-24-17(15)18-11-14/h1-5,10-11,13,21H,6-9H2. The molecular weight excluding hydrogens is 342 g/mol. The van der Waals surface area contributed by atoms with E-state index in [4.69, 9.17) is 4.52 Å². The Labute approximate surface area is 144 Å². The summed E-state index contributed by atoms with van der Waals surface area (Å²) in [5.74, 6) is 0. The molecule has 1 aliphatic heterocycles. The van der Waals surface area contributed by atoms with E-state index in [9.17, 15) is 13.5 Å². The summed E-state index contributed by atoms with van der Waals surface area (Å²) in [6, 6.07) is 11.0. The number of sulfonamides is 1. The topological polar surface area (TPSA) is 96.5 Å². The zero-order valence-electron chi connectivity index (χ0n) is 13.4. The van der Waals surface area contributed by atoms with Crippen molar-refractivity contribution < 1.29 is 18.0 Å². The Bertz CT molecular complexity index is 993. The molecule has 0 saturated carbocycles.